The van der Waals surface area contributed by atoms with Crippen molar-refractivity contribution >= 4 is 61.4 Å². The molecule has 0 saturated heterocycles. The van der Waals surface area contributed by atoms with E-state index in [-0.39, 0.29) is 28.7 Å². The highest BCUT2D eigenvalue weighted by molar-refractivity contribution is 7.22. The number of aliphatic imine (C=N–C) groups is 1. The number of hydrogen-bond acceptors (Lipinski definition) is 13. The number of nitrogens with two attached hydrogens (primary N) is 1. The first-order valence-electron chi connectivity index (χ1n) is 21.7. The van der Waals surface area contributed by atoms with Crippen molar-refractivity contribution in [3.63, 3.8) is 0 Å². The minimum Gasteiger partial charge on any atom is -0.476 e. The fraction of sp³-hybridized carbons (Fsp3) is 0.565. The van der Waals surface area contributed by atoms with Crippen molar-refractivity contribution in [3.8, 4) is 0 Å². The van der Waals surface area contributed by atoms with Gasteiger partial charge in [0.1, 0.15) is 5.82 Å². The predicted octanol–water partition coefficient (Wildman–Crippen LogP) is 8.13. The van der Waals surface area contributed by atoms with Gasteiger partial charge < -0.3 is 36.2 Å². The number of carboxylic acid groups (broad SMARTS) is 1. The molecule has 5 unspecified atom stereocenters. The Morgan fingerprint density at radius 3 is 2.67 bits per heavy atom. The van der Waals surface area contributed by atoms with E-state index in [1.165, 1.54) is 19.0 Å². The van der Waals surface area contributed by atoms with Gasteiger partial charge in [0.2, 0.25) is 0 Å². The average molecular weight is 836 g/mol. The number of nitrogens with zero attached hydrogens (tertiary/aromatic N) is 6. The number of benzene rings is 1. The standard InChI is InChI=1S/C46H61N9O4S/c1-28-10-12-37-36(19-28)50-43(60-37)52-40-29(2)33-9-8-16-55(41(33)54-53-40)38-13-11-34(39(51-38)42(57)58)35(23-47)30(3)49-24-32-21-45(5)25-44(4)20-31(32)22-46(26-44,27-45)59-18-15-48-14-6-7-17-56/h10-13,19,23,31-32,48,56H,6-9,14-18,20-22,24-27,47H2,1-5H3,(H,57,58)(H,50,52,53). The van der Waals surface area contributed by atoms with Gasteiger partial charge in [-0.1, -0.05) is 31.3 Å². The topological polar surface area (TPSA) is 184 Å². The number of rotatable bonds is 16. The summed E-state index contributed by atoms with van der Waals surface area (Å²) in [5.74, 6) is 1.61. The molecule has 1 aromatic carbocycles. The third-order valence-electron chi connectivity index (χ3n) is 13.5. The molecule has 4 saturated carbocycles. The van der Waals surface area contributed by atoms with E-state index >= 15 is 0 Å². The minimum absolute atomic E-state index is 0.0762. The number of carbonyl (C=O) groups is 1. The number of fused-ring (bicyclic) bond motifs is 3. The number of allylic oxidation sites excluding steroid dienone is 1. The van der Waals surface area contributed by atoms with Crippen molar-refractivity contribution in [1.82, 2.24) is 25.5 Å². The number of aryl methyl sites for hydroxylation is 1. The summed E-state index contributed by atoms with van der Waals surface area (Å²) in [7, 11) is 0. The van der Waals surface area contributed by atoms with Gasteiger partial charge in [-0.3, -0.25) is 4.99 Å². The number of carboxylic acids is 1. The second-order valence-electron chi connectivity index (χ2n) is 18.7. The van der Waals surface area contributed by atoms with Crippen LogP contribution < -0.4 is 21.3 Å². The number of hydrogen-bond donors (Lipinski definition) is 5. The van der Waals surface area contributed by atoms with Gasteiger partial charge in [-0.25, -0.2) is 14.8 Å². The zero-order chi connectivity index (χ0) is 42.2. The van der Waals surface area contributed by atoms with E-state index in [1.807, 2.05) is 24.8 Å². The average Bonchev–Trinajstić information content (AvgIpc) is 3.54. The molecule has 1 aliphatic heterocycles. The molecular weight excluding hydrogens is 775 g/mol. The van der Waals surface area contributed by atoms with Gasteiger partial charge in [-0.2, -0.15) is 0 Å². The third kappa shape index (κ3) is 8.66. The molecule has 4 bridgehead atoms. The largest absolute Gasteiger partial charge is 0.476 e. The summed E-state index contributed by atoms with van der Waals surface area (Å²) in [4.78, 5) is 29.5. The molecule has 60 heavy (non-hydrogen) atoms. The molecule has 320 valence electrons. The molecule has 14 heteroatoms. The minimum atomic E-state index is -1.13. The molecule has 5 atom stereocenters. The van der Waals surface area contributed by atoms with Gasteiger partial charge in [0, 0.05) is 60.4 Å². The lowest BCUT2D eigenvalue weighted by atomic mass is 9.53. The first kappa shape index (κ1) is 42.2. The van der Waals surface area contributed by atoms with E-state index < -0.39 is 5.97 Å². The van der Waals surface area contributed by atoms with E-state index in [4.69, 9.17) is 30.5 Å². The van der Waals surface area contributed by atoms with Crippen molar-refractivity contribution in [2.45, 2.75) is 104 Å². The van der Waals surface area contributed by atoms with E-state index in [0.717, 1.165) is 96.5 Å². The van der Waals surface area contributed by atoms with Gasteiger partial charge >= 0.3 is 5.97 Å². The number of anilines is 4. The van der Waals surface area contributed by atoms with Crippen LogP contribution in [0.2, 0.25) is 0 Å². The summed E-state index contributed by atoms with van der Waals surface area (Å²) < 4.78 is 7.95. The van der Waals surface area contributed by atoms with Crippen LogP contribution >= 0.6 is 11.3 Å². The zero-order valence-corrected chi connectivity index (χ0v) is 36.6. The SMILES string of the molecule is CC(=NCC1CC2(C)CC3(C)CC1CC(OCCNCCCCO)(C2)C3)C(=CN)c1ccc(N2CCCc3c2nnc(Nc2nc4cc(C)ccc4s2)c3C)nc1C(=O)O. The van der Waals surface area contributed by atoms with Crippen LogP contribution in [0.3, 0.4) is 0 Å². The van der Waals surface area contributed by atoms with Crippen LogP contribution in [0.5, 0.6) is 0 Å². The number of ether oxygens (including phenoxy) is 1. The molecule has 0 spiro atoms. The number of aromatic nitrogens is 4. The Balaban J connectivity index is 0.982. The lowest BCUT2D eigenvalue weighted by Crippen LogP contribution is -2.52. The summed E-state index contributed by atoms with van der Waals surface area (Å²) >= 11 is 1.58. The molecular formula is C46H61N9O4S. The molecule has 9 rings (SSSR count). The molecule has 4 aliphatic carbocycles. The monoisotopic (exact) mass is 835 g/mol. The Kier molecular flexibility index (Phi) is 12.0. The smallest absolute Gasteiger partial charge is 0.355 e. The Morgan fingerprint density at radius 1 is 1.07 bits per heavy atom. The van der Waals surface area contributed by atoms with E-state index in [9.17, 15) is 9.90 Å². The normalized spacial score (nSPS) is 26.4. The number of unbranched alkanes of at least 4 members (excludes halogenated alkanes) is 1. The fourth-order valence-electron chi connectivity index (χ4n) is 11.6. The van der Waals surface area contributed by atoms with Crippen molar-refractivity contribution in [2.24, 2.45) is 33.4 Å². The number of thiazole rings is 1. The van der Waals surface area contributed by atoms with Gasteiger partial charge in [0.05, 0.1) is 22.4 Å². The summed E-state index contributed by atoms with van der Waals surface area (Å²) in [6.45, 7) is 14.9. The van der Waals surface area contributed by atoms with Crippen LogP contribution in [0.15, 0.2) is 41.5 Å². The van der Waals surface area contributed by atoms with E-state index in [2.05, 4.69) is 59.8 Å². The van der Waals surface area contributed by atoms with Gasteiger partial charge in [0.25, 0.3) is 0 Å². The number of aliphatic hydroxyl groups excluding tert-OH is 1. The maximum atomic E-state index is 12.9. The highest BCUT2D eigenvalue weighted by atomic mass is 32.1. The van der Waals surface area contributed by atoms with Crippen molar-refractivity contribution in [3.05, 3.63) is 64.5 Å². The summed E-state index contributed by atoms with van der Waals surface area (Å²) in [6.07, 6.45) is 11.7. The molecule has 6 N–H and O–H groups in total. The Bertz CT molecular complexity index is 2310. The van der Waals surface area contributed by atoms with Gasteiger partial charge in [-0.05, 0) is 144 Å². The lowest BCUT2D eigenvalue weighted by Gasteiger charge is -2.56. The van der Waals surface area contributed by atoms with Crippen molar-refractivity contribution in [1.29, 1.82) is 0 Å². The number of nitrogens with one attached hydrogen (secondary N) is 2. The molecule has 13 nitrogen and oxygen atoms in total. The van der Waals surface area contributed by atoms with Crippen LogP contribution in [0.25, 0.3) is 15.8 Å². The van der Waals surface area contributed by atoms with E-state index in [1.54, 1.807) is 17.4 Å². The van der Waals surface area contributed by atoms with Crippen LogP contribution in [0.4, 0.5) is 22.6 Å². The van der Waals surface area contributed by atoms with Crippen molar-refractivity contribution < 1.29 is 19.7 Å². The van der Waals surface area contributed by atoms with Gasteiger partial charge in [-0.15, -0.1) is 10.2 Å². The summed E-state index contributed by atoms with van der Waals surface area (Å²) in [6, 6.07) is 9.90. The zero-order valence-electron chi connectivity index (χ0n) is 35.8. The van der Waals surface area contributed by atoms with Gasteiger partial charge in [0.15, 0.2) is 22.5 Å². The number of aromatic carboxylic acids is 1. The van der Waals surface area contributed by atoms with Crippen molar-refractivity contribution in [2.75, 3.05) is 49.6 Å². The third-order valence-corrected chi connectivity index (χ3v) is 14.5. The molecule has 0 radical (unpaired) electrons. The molecule has 4 heterocycles. The second-order valence-corrected chi connectivity index (χ2v) is 19.8. The molecule has 4 aromatic rings. The second kappa shape index (κ2) is 17.1. The molecule has 4 fully saturated rings. The number of pyridine rings is 1. The highest BCUT2D eigenvalue weighted by Gasteiger charge is 2.60. The molecule has 5 aliphatic rings. The van der Waals surface area contributed by atoms with E-state index in [0.29, 0.717) is 65.8 Å². The van der Waals surface area contributed by atoms with Crippen LogP contribution in [0.1, 0.15) is 111 Å². The Labute approximate surface area is 357 Å². The molecule has 0 amide bonds. The maximum Gasteiger partial charge on any atom is 0.355 e. The number of aliphatic hydroxyl groups is 1. The fourth-order valence-corrected chi connectivity index (χ4v) is 12.4. The van der Waals surface area contributed by atoms with Crippen LogP contribution in [0, 0.1) is 36.5 Å². The quantitative estimate of drug-likeness (QED) is 0.0540. The first-order valence-corrected chi connectivity index (χ1v) is 22.5. The predicted molar refractivity (Wildman–Crippen MR) is 240 cm³/mol. The highest BCUT2D eigenvalue weighted by Crippen LogP contribution is 2.66. The van der Waals surface area contributed by atoms with Crippen LogP contribution in [-0.4, -0.2) is 87.1 Å². The Morgan fingerprint density at radius 2 is 1.88 bits per heavy atom. The first-order chi connectivity index (χ1) is 28.8. The van der Waals surface area contributed by atoms with Crippen LogP contribution in [-0.2, 0) is 11.2 Å². The Hall–Kier alpha value is -4.50. The summed E-state index contributed by atoms with van der Waals surface area (Å²) in [5.41, 5.74) is 12.4. The summed E-state index contributed by atoms with van der Waals surface area (Å²) in [5, 5.41) is 36.5. The lowest BCUT2D eigenvalue weighted by molar-refractivity contribution is -0.162. The maximum absolute atomic E-state index is 12.9. The molecule has 3 aromatic heterocycles.